The highest BCUT2D eigenvalue weighted by atomic mass is 14.9. The van der Waals surface area contributed by atoms with Crippen molar-refractivity contribution in [3.63, 3.8) is 0 Å². The van der Waals surface area contributed by atoms with Gasteiger partial charge in [-0.25, -0.2) is 0 Å². The Morgan fingerprint density at radius 2 is 2.00 bits per heavy atom. The Kier molecular flexibility index (Phi) is 2.61. The third kappa shape index (κ3) is 2.96. The zero-order valence-electron chi connectivity index (χ0n) is 8.68. The lowest BCUT2D eigenvalue weighted by atomic mass is 9.97. The van der Waals surface area contributed by atoms with E-state index in [1.54, 1.807) is 0 Å². The summed E-state index contributed by atoms with van der Waals surface area (Å²) in [6.07, 6.45) is 6.98. The maximum absolute atomic E-state index is 6.19. The molecule has 0 aromatic rings. The molecular weight excluding hydrogens is 160 g/mol. The van der Waals surface area contributed by atoms with Crippen molar-refractivity contribution in [1.29, 1.82) is 0 Å². The van der Waals surface area contributed by atoms with Crippen molar-refractivity contribution >= 4 is 0 Å². The van der Waals surface area contributed by atoms with E-state index in [1.807, 2.05) is 0 Å². The Hall–Kier alpha value is -0.0800. The van der Waals surface area contributed by atoms with Crippen LogP contribution in [0.1, 0.15) is 39.0 Å². The first-order chi connectivity index (χ1) is 6.18. The van der Waals surface area contributed by atoms with E-state index in [9.17, 15) is 0 Å². The van der Waals surface area contributed by atoms with E-state index < -0.39 is 0 Å². The maximum atomic E-state index is 6.19. The molecule has 0 bridgehead atoms. The molecule has 2 saturated carbocycles. The van der Waals surface area contributed by atoms with E-state index >= 15 is 0 Å². The fourth-order valence-electron chi connectivity index (χ4n) is 1.96. The van der Waals surface area contributed by atoms with Gasteiger partial charge in [-0.15, -0.1) is 0 Å². The fraction of sp³-hybridized carbons (Fsp3) is 1.00. The average Bonchev–Trinajstić information content (AvgIpc) is 2.85. The van der Waals surface area contributed by atoms with Gasteiger partial charge in [0.2, 0.25) is 0 Å². The molecule has 76 valence electrons. The Labute approximate surface area is 81.3 Å². The maximum Gasteiger partial charge on any atom is 0.0280 e. The van der Waals surface area contributed by atoms with Gasteiger partial charge in [0.15, 0.2) is 0 Å². The van der Waals surface area contributed by atoms with Crippen LogP contribution in [0.25, 0.3) is 0 Å². The van der Waals surface area contributed by atoms with Crippen molar-refractivity contribution < 1.29 is 0 Å². The third-order valence-electron chi connectivity index (χ3n) is 3.44. The van der Waals surface area contributed by atoms with Crippen LogP contribution in [0.3, 0.4) is 0 Å². The molecule has 0 spiro atoms. The molecule has 2 aliphatic carbocycles. The van der Waals surface area contributed by atoms with E-state index in [2.05, 4.69) is 12.2 Å². The fourth-order valence-corrected chi connectivity index (χ4v) is 1.96. The first kappa shape index (κ1) is 9.47. The van der Waals surface area contributed by atoms with Crippen molar-refractivity contribution in [2.45, 2.75) is 44.6 Å². The largest absolute Gasteiger partial charge is 0.324 e. The summed E-state index contributed by atoms with van der Waals surface area (Å²) in [5.41, 5.74) is 6.25. The summed E-state index contributed by atoms with van der Waals surface area (Å²) in [6.45, 7) is 4.36. The molecule has 2 aliphatic rings. The minimum atomic E-state index is 0.0591. The Balaban J connectivity index is 1.54. The average molecular weight is 182 g/mol. The van der Waals surface area contributed by atoms with Crippen LogP contribution in [0.15, 0.2) is 0 Å². The van der Waals surface area contributed by atoms with Crippen LogP contribution < -0.4 is 11.1 Å². The monoisotopic (exact) mass is 182 g/mol. The molecule has 2 rings (SSSR count). The van der Waals surface area contributed by atoms with Gasteiger partial charge in [0.05, 0.1) is 0 Å². The topological polar surface area (TPSA) is 38.0 Å². The van der Waals surface area contributed by atoms with E-state index in [0.717, 1.165) is 18.4 Å². The second-order valence-electron chi connectivity index (χ2n) is 5.19. The summed E-state index contributed by atoms with van der Waals surface area (Å²) in [5.74, 6) is 1.83. The lowest BCUT2D eigenvalue weighted by Crippen LogP contribution is -2.48. The van der Waals surface area contributed by atoms with Gasteiger partial charge in [0.25, 0.3) is 0 Å². The molecule has 0 amide bonds. The Bertz CT molecular complexity index is 169. The Morgan fingerprint density at radius 3 is 2.54 bits per heavy atom. The zero-order chi connectivity index (χ0) is 9.31. The molecular formula is C11H22N2. The van der Waals surface area contributed by atoms with Crippen LogP contribution >= 0.6 is 0 Å². The minimum Gasteiger partial charge on any atom is -0.324 e. The van der Waals surface area contributed by atoms with E-state index in [0.29, 0.717) is 0 Å². The van der Waals surface area contributed by atoms with Gasteiger partial charge in [-0.05, 0) is 44.6 Å². The van der Waals surface area contributed by atoms with Gasteiger partial charge >= 0.3 is 0 Å². The minimum absolute atomic E-state index is 0.0591. The molecule has 1 unspecified atom stereocenters. The summed E-state index contributed by atoms with van der Waals surface area (Å²) in [6, 6.07) is 0. The number of rotatable bonds is 6. The van der Waals surface area contributed by atoms with E-state index in [4.69, 9.17) is 5.73 Å². The zero-order valence-corrected chi connectivity index (χ0v) is 8.68. The summed E-state index contributed by atoms with van der Waals surface area (Å²) < 4.78 is 0. The lowest BCUT2D eigenvalue weighted by molar-refractivity contribution is 0.378. The number of nitrogens with two attached hydrogens (primary N) is 1. The highest BCUT2D eigenvalue weighted by Crippen LogP contribution is 2.37. The molecule has 2 heteroatoms. The molecule has 1 atom stereocenters. The van der Waals surface area contributed by atoms with Crippen molar-refractivity contribution in [3.8, 4) is 0 Å². The van der Waals surface area contributed by atoms with E-state index in [1.165, 1.54) is 38.6 Å². The molecule has 0 aromatic heterocycles. The van der Waals surface area contributed by atoms with Crippen LogP contribution in [0, 0.1) is 11.8 Å². The van der Waals surface area contributed by atoms with Crippen molar-refractivity contribution in [2.24, 2.45) is 17.6 Å². The Morgan fingerprint density at radius 1 is 1.31 bits per heavy atom. The van der Waals surface area contributed by atoms with Gasteiger partial charge in [-0.2, -0.15) is 0 Å². The van der Waals surface area contributed by atoms with Gasteiger partial charge in [-0.3, -0.25) is 0 Å². The SMILES string of the molecule is CC(N)(CNCCC1CC1)C1CC1. The molecule has 2 nitrogen and oxygen atoms in total. The molecule has 13 heavy (non-hydrogen) atoms. The quantitative estimate of drug-likeness (QED) is 0.611. The molecule has 2 fully saturated rings. The van der Waals surface area contributed by atoms with Gasteiger partial charge in [0, 0.05) is 12.1 Å². The van der Waals surface area contributed by atoms with Crippen LogP contribution in [-0.4, -0.2) is 18.6 Å². The predicted octanol–water partition coefficient (Wildman–Crippen LogP) is 1.50. The highest BCUT2D eigenvalue weighted by Gasteiger charge is 2.37. The predicted molar refractivity (Wildman–Crippen MR) is 55.5 cm³/mol. The first-order valence-corrected chi connectivity index (χ1v) is 5.68. The van der Waals surface area contributed by atoms with E-state index in [-0.39, 0.29) is 5.54 Å². The van der Waals surface area contributed by atoms with Gasteiger partial charge in [0.1, 0.15) is 0 Å². The number of nitrogens with one attached hydrogen (secondary N) is 1. The smallest absolute Gasteiger partial charge is 0.0280 e. The van der Waals surface area contributed by atoms with Crippen LogP contribution in [-0.2, 0) is 0 Å². The van der Waals surface area contributed by atoms with Crippen LogP contribution in [0.4, 0.5) is 0 Å². The number of hydrogen-bond donors (Lipinski definition) is 2. The first-order valence-electron chi connectivity index (χ1n) is 5.68. The number of hydrogen-bond acceptors (Lipinski definition) is 2. The molecule has 0 heterocycles. The molecule has 0 aromatic carbocycles. The summed E-state index contributed by atoms with van der Waals surface area (Å²) in [5, 5.41) is 3.49. The summed E-state index contributed by atoms with van der Waals surface area (Å²) in [4.78, 5) is 0. The summed E-state index contributed by atoms with van der Waals surface area (Å²) >= 11 is 0. The van der Waals surface area contributed by atoms with Gasteiger partial charge < -0.3 is 11.1 Å². The highest BCUT2D eigenvalue weighted by molar-refractivity contribution is 4.96. The third-order valence-corrected chi connectivity index (χ3v) is 3.44. The van der Waals surface area contributed by atoms with Crippen molar-refractivity contribution in [1.82, 2.24) is 5.32 Å². The second kappa shape index (κ2) is 3.58. The van der Waals surface area contributed by atoms with Gasteiger partial charge in [-0.1, -0.05) is 12.8 Å². The van der Waals surface area contributed by atoms with Crippen molar-refractivity contribution in [2.75, 3.05) is 13.1 Å². The molecule has 0 aliphatic heterocycles. The normalized spacial score (nSPS) is 27.2. The van der Waals surface area contributed by atoms with Crippen LogP contribution in [0.5, 0.6) is 0 Å². The second-order valence-corrected chi connectivity index (χ2v) is 5.19. The molecule has 0 saturated heterocycles. The lowest BCUT2D eigenvalue weighted by Gasteiger charge is -2.24. The summed E-state index contributed by atoms with van der Waals surface area (Å²) in [7, 11) is 0. The van der Waals surface area contributed by atoms with Crippen LogP contribution in [0.2, 0.25) is 0 Å². The standard InChI is InChI=1S/C11H22N2/c1-11(12,10-4-5-10)8-13-7-6-9-2-3-9/h9-10,13H,2-8,12H2,1H3. The van der Waals surface area contributed by atoms with Crippen molar-refractivity contribution in [3.05, 3.63) is 0 Å². The molecule has 0 radical (unpaired) electrons. The molecule has 3 N–H and O–H groups in total.